The third-order valence-corrected chi connectivity index (χ3v) is 7.42. The third kappa shape index (κ3) is 6.41. The van der Waals surface area contributed by atoms with E-state index in [1.165, 1.54) is 24.9 Å². The topological polar surface area (TPSA) is 92.3 Å². The van der Waals surface area contributed by atoms with Crippen LogP contribution < -0.4 is 9.47 Å². The quantitative estimate of drug-likeness (QED) is 0.111. The highest BCUT2D eigenvalue weighted by Gasteiger charge is 2.26. The van der Waals surface area contributed by atoms with Gasteiger partial charge in [0, 0.05) is 21.2 Å². The molecule has 0 bridgehead atoms. The molecule has 0 saturated carbocycles. The number of benzene rings is 3. The summed E-state index contributed by atoms with van der Waals surface area (Å²) in [6.07, 6.45) is 0. The summed E-state index contributed by atoms with van der Waals surface area (Å²) in [7, 11) is 1.47. The first-order chi connectivity index (χ1) is 17.8. The minimum absolute atomic E-state index is 0.0163. The van der Waals surface area contributed by atoms with Crippen LogP contribution >= 0.6 is 39.3 Å². The van der Waals surface area contributed by atoms with Gasteiger partial charge in [-0.25, -0.2) is 4.39 Å². The van der Waals surface area contributed by atoms with E-state index in [0.717, 1.165) is 5.69 Å². The molecule has 1 heterocycles. The minimum atomic E-state index is -0.629. The maximum Gasteiger partial charge on any atom is 0.220 e. The molecule has 1 atom stereocenters. The Morgan fingerprint density at radius 1 is 1.19 bits per heavy atom. The fourth-order valence-corrected chi connectivity index (χ4v) is 5.47. The second-order valence-corrected chi connectivity index (χ2v) is 10.3. The number of hydrogen-bond acceptors (Lipinski definition) is 7. The average molecular weight is 608 g/mol. The lowest BCUT2D eigenvalue weighted by Gasteiger charge is -2.18. The summed E-state index contributed by atoms with van der Waals surface area (Å²) < 4.78 is 27.8. The van der Waals surface area contributed by atoms with E-state index in [9.17, 15) is 14.5 Å². The molecule has 4 rings (SSSR count). The van der Waals surface area contributed by atoms with Crippen molar-refractivity contribution in [1.82, 2.24) is 14.8 Å². The van der Waals surface area contributed by atoms with Gasteiger partial charge in [0.2, 0.25) is 6.54 Å². The molecule has 0 aliphatic heterocycles. The Hall–Kier alpha value is -3.15. The second-order valence-electron chi connectivity index (χ2n) is 7.88. The molecule has 192 valence electrons. The first-order valence-electron chi connectivity index (χ1n) is 11.0. The van der Waals surface area contributed by atoms with Crippen LogP contribution in [0.25, 0.3) is 5.69 Å². The summed E-state index contributed by atoms with van der Waals surface area (Å²) in [4.78, 5) is 11.2. The van der Waals surface area contributed by atoms with Crippen molar-refractivity contribution in [3.63, 3.8) is 0 Å². The van der Waals surface area contributed by atoms with Crippen LogP contribution in [0.4, 0.5) is 4.39 Å². The molecule has 37 heavy (non-hydrogen) atoms. The van der Waals surface area contributed by atoms with Gasteiger partial charge in [-0.15, -0.1) is 10.2 Å². The van der Waals surface area contributed by atoms with Crippen LogP contribution in [-0.2, 0) is 6.61 Å². The Labute approximate surface area is 230 Å². The minimum Gasteiger partial charge on any atom is -0.493 e. The fraction of sp³-hybridized carbons (Fsp3) is 0.200. The Morgan fingerprint density at radius 2 is 1.92 bits per heavy atom. The van der Waals surface area contributed by atoms with E-state index < -0.39 is 5.25 Å². The summed E-state index contributed by atoms with van der Waals surface area (Å²) in [5.41, 5.74) is 1.79. The smallest absolute Gasteiger partial charge is 0.220 e. The van der Waals surface area contributed by atoms with Crippen LogP contribution in [0, 0.1) is 22.9 Å². The molecule has 3 aromatic carbocycles. The van der Waals surface area contributed by atoms with E-state index in [-0.39, 0.29) is 23.9 Å². The molecule has 0 aliphatic carbocycles. The highest BCUT2D eigenvalue weighted by Crippen LogP contribution is 2.43. The van der Waals surface area contributed by atoms with Gasteiger partial charge >= 0.3 is 0 Å². The molecule has 0 aliphatic rings. The molecule has 0 amide bonds. The Balaban J connectivity index is 1.66. The van der Waals surface area contributed by atoms with E-state index in [4.69, 9.17) is 21.1 Å². The van der Waals surface area contributed by atoms with Gasteiger partial charge in [-0.3, -0.25) is 14.7 Å². The van der Waals surface area contributed by atoms with Gasteiger partial charge in [0.1, 0.15) is 23.5 Å². The van der Waals surface area contributed by atoms with Crippen LogP contribution in [0.15, 0.2) is 70.3 Å². The second kappa shape index (κ2) is 11.9. The van der Waals surface area contributed by atoms with E-state index >= 15 is 0 Å². The van der Waals surface area contributed by atoms with Crippen molar-refractivity contribution in [3.05, 3.63) is 103 Å². The number of methoxy groups -OCH3 is 1. The molecule has 0 spiro atoms. The predicted molar refractivity (Wildman–Crippen MR) is 143 cm³/mol. The SMILES string of the molecule is COc1cc([C@@H](C[N+](=O)[O-])Sc2nnc(C)n2-c2ccc(Cl)cc2)cc(Br)c1OCc1ccccc1F. The molecule has 1 aromatic heterocycles. The van der Waals surface area contributed by atoms with E-state index in [0.29, 0.717) is 43.1 Å². The number of halogens is 3. The molecule has 0 radical (unpaired) electrons. The summed E-state index contributed by atoms with van der Waals surface area (Å²) in [6.45, 7) is 1.41. The van der Waals surface area contributed by atoms with Gasteiger partial charge in [0.25, 0.3) is 0 Å². The molecular formula is C25H21BrClFN4O4S. The number of thioether (sulfide) groups is 1. The number of aryl methyl sites for hydroxylation is 1. The molecule has 0 N–H and O–H groups in total. The van der Waals surface area contributed by atoms with E-state index in [1.807, 2.05) is 16.7 Å². The number of ether oxygens (including phenoxy) is 2. The molecule has 8 nitrogen and oxygen atoms in total. The van der Waals surface area contributed by atoms with E-state index in [1.54, 1.807) is 49.4 Å². The van der Waals surface area contributed by atoms with E-state index in [2.05, 4.69) is 26.1 Å². The zero-order valence-electron chi connectivity index (χ0n) is 19.7. The van der Waals surface area contributed by atoms with Crippen LogP contribution in [-0.4, -0.2) is 33.3 Å². The van der Waals surface area contributed by atoms with Gasteiger partial charge in [-0.1, -0.05) is 41.6 Å². The van der Waals surface area contributed by atoms with Crippen molar-refractivity contribution in [2.45, 2.75) is 23.9 Å². The standard InChI is InChI=1S/C25H21BrClFN4O4S/c1-15-29-30-25(32(15)19-9-7-18(27)8-10-19)37-23(13-31(33)34)17-11-20(26)24(22(12-17)35-2)36-14-16-5-3-4-6-21(16)28/h3-12,23H,13-14H2,1-2H3/t23-/m1/s1. The van der Waals surface area contributed by atoms with Crippen molar-refractivity contribution >= 4 is 39.3 Å². The highest BCUT2D eigenvalue weighted by molar-refractivity contribution is 9.10. The van der Waals surface area contributed by atoms with Crippen LogP contribution in [0.5, 0.6) is 11.5 Å². The highest BCUT2D eigenvalue weighted by atomic mass is 79.9. The number of nitro groups is 1. The van der Waals surface area contributed by atoms with Gasteiger partial charge in [0.05, 0.1) is 11.6 Å². The van der Waals surface area contributed by atoms with Gasteiger partial charge in [0.15, 0.2) is 16.7 Å². The van der Waals surface area contributed by atoms with Crippen molar-refractivity contribution < 1.29 is 18.8 Å². The molecule has 4 aromatic rings. The molecule has 0 fully saturated rings. The number of nitrogens with zero attached hydrogens (tertiary/aromatic N) is 4. The van der Waals surface area contributed by atoms with Gasteiger partial charge < -0.3 is 9.47 Å². The number of aromatic nitrogens is 3. The lowest BCUT2D eigenvalue weighted by atomic mass is 10.1. The van der Waals surface area contributed by atoms with Gasteiger partial charge in [-0.05, 0) is 70.9 Å². The number of rotatable bonds is 10. The average Bonchev–Trinajstić information content (AvgIpc) is 3.23. The van der Waals surface area contributed by atoms with Gasteiger partial charge in [-0.2, -0.15) is 0 Å². The van der Waals surface area contributed by atoms with Crippen molar-refractivity contribution in [1.29, 1.82) is 0 Å². The Morgan fingerprint density at radius 3 is 2.59 bits per heavy atom. The lowest BCUT2D eigenvalue weighted by molar-refractivity contribution is -0.479. The largest absolute Gasteiger partial charge is 0.493 e. The maximum atomic E-state index is 14.0. The molecular weight excluding hydrogens is 587 g/mol. The summed E-state index contributed by atoms with van der Waals surface area (Å²) in [5.74, 6) is 0.960. The zero-order chi connectivity index (χ0) is 26.5. The zero-order valence-corrected chi connectivity index (χ0v) is 22.9. The summed E-state index contributed by atoms with van der Waals surface area (Å²) >= 11 is 10.7. The summed E-state index contributed by atoms with van der Waals surface area (Å²) in [6, 6.07) is 16.9. The van der Waals surface area contributed by atoms with Crippen LogP contribution in [0.3, 0.4) is 0 Å². The first-order valence-corrected chi connectivity index (χ1v) is 13.0. The molecule has 0 unspecified atom stereocenters. The Kier molecular flexibility index (Phi) is 8.67. The fourth-order valence-electron chi connectivity index (χ4n) is 3.61. The third-order valence-electron chi connectivity index (χ3n) is 5.40. The van der Waals surface area contributed by atoms with Crippen molar-refractivity contribution in [2.24, 2.45) is 0 Å². The molecule has 0 saturated heterocycles. The first kappa shape index (κ1) is 26.9. The molecule has 12 heteroatoms. The van der Waals surface area contributed by atoms with Crippen molar-refractivity contribution in [2.75, 3.05) is 13.7 Å². The Bertz CT molecular complexity index is 1420. The number of hydrogen-bond donors (Lipinski definition) is 0. The van der Waals surface area contributed by atoms with Crippen molar-refractivity contribution in [3.8, 4) is 17.2 Å². The lowest BCUT2D eigenvalue weighted by Crippen LogP contribution is -2.12. The summed E-state index contributed by atoms with van der Waals surface area (Å²) in [5, 5.41) is 20.5. The predicted octanol–water partition coefficient (Wildman–Crippen LogP) is 6.83. The normalized spacial score (nSPS) is 11.8. The monoisotopic (exact) mass is 606 g/mol. The van der Waals surface area contributed by atoms with Crippen LogP contribution in [0.2, 0.25) is 5.02 Å². The van der Waals surface area contributed by atoms with Crippen LogP contribution in [0.1, 0.15) is 22.2 Å². The maximum absolute atomic E-state index is 14.0.